The Morgan fingerprint density at radius 1 is 1.44 bits per heavy atom. The topological polar surface area (TPSA) is 58.4 Å². The summed E-state index contributed by atoms with van der Waals surface area (Å²) in [6, 6.07) is 5.71. The highest BCUT2D eigenvalue weighted by Crippen LogP contribution is 2.32. The zero-order chi connectivity index (χ0) is 13.3. The molecule has 0 unspecified atom stereocenters. The van der Waals surface area contributed by atoms with Crippen LogP contribution in [0.5, 0.6) is 0 Å². The van der Waals surface area contributed by atoms with E-state index in [0.717, 1.165) is 4.90 Å². The molecule has 0 saturated heterocycles. The lowest BCUT2D eigenvalue weighted by atomic mass is 10.1. The average molecular weight is 259 g/mol. The maximum absolute atomic E-state index is 12.5. The number of nitrogens with one attached hydrogen (secondary N) is 1. The van der Waals surface area contributed by atoms with Crippen molar-refractivity contribution in [3.63, 3.8) is 0 Å². The van der Waals surface area contributed by atoms with Crippen molar-refractivity contribution in [3.8, 4) is 0 Å². The Kier molecular flexibility index (Phi) is 3.06. The molecule has 1 aromatic rings. The number of hydrogen-bond donors (Lipinski definition) is 2. The van der Waals surface area contributed by atoms with Crippen LogP contribution in [0, 0.1) is 0 Å². The lowest BCUT2D eigenvalue weighted by Crippen LogP contribution is -2.50. The molecule has 3 N–H and O–H groups in total. The molecule has 0 radical (unpaired) electrons. The van der Waals surface area contributed by atoms with Crippen LogP contribution in [0.4, 0.5) is 24.5 Å². The summed E-state index contributed by atoms with van der Waals surface area (Å²) in [5.74, 6) is -0.670. The molecule has 0 bridgehead atoms. The first-order valence-corrected chi connectivity index (χ1v) is 5.33. The van der Waals surface area contributed by atoms with E-state index in [1.807, 2.05) is 0 Å². The average Bonchev–Trinajstić information content (AvgIpc) is 2.26. The van der Waals surface area contributed by atoms with Crippen molar-refractivity contribution in [2.75, 3.05) is 23.3 Å². The molecule has 1 aromatic carbocycles. The number of carbonyl (C=O) groups is 1. The van der Waals surface area contributed by atoms with E-state index >= 15 is 0 Å². The molecule has 1 aliphatic rings. The summed E-state index contributed by atoms with van der Waals surface area (Å²) in [7, 11) is 0. The molecule has 4 nitrogen and oxygen atoms in total. The first kappa shape index (κ1) is 12.5. The van der Waals surface area contributed by atoms with Crippen LogP contribution in [0.3, 0.4) is 0 Å². The van der Waals surface area contributed by atoms with Gasteiger partial charge in [-0.3, -0.25) is 4.79 Å². The molecule has 0 fully saturated rings. The van der Waals surface area contributed by atoms with E-state index in [0.29, 0.717) is 11.4 Å². The lowest BCUT2D eigenvalue weighted by molar-refractivity contribution is -0.122. The predicted molar refractivity (Wildman–Crippen MR) is 61.3 cm³/mol. The fourth-order valence-corrected chi connectivity index (χ4v) is 1.95. The van der Waals surface area contributed by atoms with Crippen LogP contribution >= 0.6 is 0 Å². The van der Waals surface area contributed by atoms with Gasteiger partial charge in [-0.2, -0.15) is 13.2 Å². The van der Waals surface area contributed by atoms with Crippen LogP contribution < -0.4 is 16.0 Å². The van der Waals surface area contributed by atoms with Gasteiger partial charge < -0.3 is 16.0 Å². The van der Waals surface area contributed by atoms with Crippen molar-refractivity contribution in [2.45, 2.75) is 12.2 Å². The molecule has 1 amide bonds. The maximum Gasteiger partial charge on any atom is 0.405 e. The molecule has 1 atom stereocenters. The summed E-state index contributed by atoms with van der Waals surface area (Å²) in [6.07, 6.45) is -4.33. The van der Waals surface area contributed by atoms with Gasteiger partial charge in [-0.05, 0) is 12.1 Å². The number of primary amides is 1. The van der Waals surface area contributed by atoms with E-state index in [4.69, 9.17) is 5.73 Å². The van der Waals surface area contributed by atoms with Crippen LogP contribution in [0.1, 0.15) is 0 Å². The SMILES string of the molecule is NC(=O)[C@@H]1CN(CC(F)(F)F)c2ccccc2N1. The molecule has 0 aromatic heterocycles. The second-order valence-electron chi connectivity index (χ2n) is 4.11. The first-order valence-electron chi connectivity index (χ1n) is 5.33. The van der Waals surface area contributed by atoms with Gasteiger partial charge in [0.05, 0.1) is 11.4 Å². The summed E-state index contributed by atoms with van der Waals surface area (Å²) in [6.45, 7) is -1.19. The molecular formula is C11H12F3N3O. The largest absolute Gasteiger partial charge is 0.405 e. The number of anilines is 2. The summed E-state index contributed by atoms with van der Waals surface area (Å²) in [5.41, 5.74) is 6.05. The molecule has 1 heterocycles. The highest BCUT2D eigenvalue weighted by atomic mass is 19.4. The number of amides is 1. The molecule has 1 aliphatic heterocycles. The summed E-state index contributed by atoms with van der Waals surface area (Å²) in [5, 5.41) is 2.83. The zero-order valence-electron chi connectivity index (χ0n) is 9.37. The van der Waals surface area contributed by atoms with E-state index in [-0.39, 0.29) is 6.54 Å². The molecule has 7 heteroatoms. The number of halogens is 3. The van der Waals surface area contributed by atoms with E-state index < -0.39 is 24.7 Å². The van der Waals surface area contributed by atoms with E-state index in [9.17, 15) is 18.0 Å². The second-order valence-corrected chi connectivity index (χ2v) is 4.11. The lowest BCUT2D eigenvalue weighted by Gasteiger charge is -2.36. The van der Waals surface area contributed by atoms with Crippen molar-refractivity contribution < 1.29 is 18.0 Å². The van der Waals surface area contributed by atoms with Gasteiger partial charge in [0.25, 0.3) is 0 Å². The minimum Gasteiger partial charge on any atom is -0.371 e. The zero-order valence-corrected chi connectivity index (χ0v) is 9.37. The minimum atomic E-state index is -4.33. The van der Waals surface area contributed by atoms with Gasteiger partial charge in [0, 0.05) is 6.54 Å². The van der Waals surface area contributed by atoms with Crippen molar-refractivity contribution in [3.05, 3.63) is 24.3 Å². The Balaban J connectivity index is 2.30. The fourth-order valence-electron chi connectivity index (χ4n) is 1.95. The Morgan fingerprint density at radius 2 is 2.11 bits per heavy atom. The predicted octanol–water partition coefficient (Wildman–Crippen LogP) is 1.33. The normalized spacial score (nSPS) is 19.1. The van der Waals surface area contributed by atoms with E-state index in [1.54, 1.807) is 24.3 Å². The van der Waals surface area contributed by atoms with Crippen molar-refractivity contribution in [1.29, 1.82) is 0 Å². The van der Waals surface area contributed by atoms with Gasteiger partial charge in [-0.1, -0.05) is 12.1 Å². The third-order valence-corrected chi connectivity index (χ3v) is 2.69. The van der Waals surface area contributed by atoms with Crippen LogP contribution in [0.15, 0.2) is 24.3 Å². The van der Waals surface area contributed by atoms with E-state index in [2.05, 4.69) is 5.32 Å². The number of alkyl halides is 3. The highest BCUT2D eigenvalue weighted by molar-refractivity contribution is 5.87. The molecule has 0 aliphatic carbocycles. The Morgan fingerprint density at radius 3 is 2.72 bits per heavy atom. The van der Waals surface area contributed by atoms with E-state index in [1.165, 1.54) is 0 Å². The number of nitrogens with zero attached hydrogens (tertiary/aromatic N) is 1. The summed E-state index contributed by atoms with van der Waals surface area (Å²) < 4.78 is 37.5. The van der Waals surface area contributed by atoms with Crippen LogP contribution in [0.2, 0.25) is 0 Å². The second kappa shape index (κ2) is 4.40. The molecule has 2 rings (SSSR count). The van der Waals surface area contributed by atoms with Gasteiger partial charge in [-0.25, -0.2) is 0 Å². The highest BCUT2D eigenvalue weighted by Gasteiger charge is 2.35. The van der Waals surface area contributed by atoms with Crippen molar-refractivity contribution in [2.24, 2.45) is 5.73 Å². The van der Waals surface area contributed by atoms with Crippen LogP contribution in [-0.2, 0) is 4.79 Å². The Labute approximate surface area is 102 Å². The van der Waals surface area contributed by atoms with Gasteiger partial charge >= 0.3 is 6.18 Å². The monoisotopic (exact) mass is 259 g/mol. The number of nitrogens with two attached hydrogens (primary N) is 1. The van der Waals surface area contributed by atoms with Crippen LogP contribution in [0.25, 0.3) is 0 Å². The van der Waals surface area contributed by atoms with Crippen LogP contribution in [-0.4, -0.2) is 31.2 Å². The standard InChI is InChI=1S/C11H12F3N3O/c12-11(13,14)6-17-5-8(10(15)18)16-7-3-1-2-4-9(7)17/h1-4,8,16H,5-6H2,(H2,15,18)/t8-/m0/s1. The maximum atomic E-state index is 12.5. The third kappa shape index (κ3) is 2.66. The minimum absolute atomic E-state index is 0.0914. The number of rotatable bonds is 2. The summed E-state index contributed by atoms with van der Waals surface area (Å²) >= 11 is 0. The molecule has 0 saturated carbocycles. The van der Waals surface area contributed by atoms with Crippen molar-refractivity contribution in [1.82, 2.24) is 0 Å². The third-order valence-electron chi connectivity index (χ3n) is 2.69. The molecular weight excluding hydrogens is 247 g/mol. The fraction of sp³-hybridized carbons (Fsp3) is 0.364. The number of fused-ring (bicyclic) bond motifs is 1. The number of benzene rings is 1. The van der Waals surface area contributed by atoms with Crippen molar-refractivity contribution >= 4 is 17.3 Å². The van der Waals surface area contributed by atoms with Gasteiger partial charge in [0.2, 0.25) is 5.91 Å². The smallest absolute Gasteiger partial charge is 0.371 e. The summed E-state index contributed by atoms with van der Waals surface area (Å²) in [4.78, 5) is 12.2. The molecule has 98 valence electrons. The Bertz CT molecular complexity index is 461. The molecule has 0 spiro atoms. The van der Waals surface area contributed by atoms with Gasteiger partial charge in [0.15, 0.2) is 0 Å². The number of hydrogen-bond acceptors (Lipinski definition) is 3. The number of para-hydroxylation sites is 2. The quantitative estimate of drug-likeness (QED) is 0.842. The van der Waals surface area contributed by atoms with Gasteiger partial charge in [-0.15, -0.1) is 0 Å². The number of carbonyl (C=O) groups excluding carboxylic acids is 1. The van der Waals surface area contributed by atoms with Gasteiger partial charge in [0.1, 0.15) is 12.6 Å². The molecule has 18 heavy (non-hydrogen) atoms. The Hall–Kier alpha value is -1.92. The first-order chi connectivity index (χ1) is 8.37.